The molecular weight excluding hydrogens is 160 g/mol. The maximum Gasteiger partial charge on any atom is 0.0280 e. The minimum atomic E-state index is 0.117. The second-order valence-electron chi connectivity index (χ2n) is 4.45. The topological polar surface area (TPSA) is 38.0 Å². The second kappa shape index (κ2) is 5.61. The summed E-state index contributed by atoms with van der Waals surface area (Å²) in [7, 11) is 0. The van der Waals surface area contributed by atoms with Gasteiger partial charge < -0.3 is 11.1 Å². The van der Waals surface area contributed by atoms with Crippen LogP contribution in [0.3, 0.4) is 0 Å². The molecule has 0 aromatic heterocycles. The standard InChI is InChI=1S/C11H24N2/c1-2-3-9-13-10-11(12)7-5-4-6-8-11/h13H,2-10,12H2,1H3. The van der Waals surface area contributed by atoms with Crippen LogP contribution in [0.4, 0.5) is 0 Å². The van der Waals surface area contributed by atoms with Crippen LogP contribution < -0.4 is 11.1 Å². The van der Waals surface area contributed by atoms with E-state index in [1.807, 2.05) is 0 Å². The Kier molecular flexibility index (Phi) is 4.74. The van der Waals surface area contributed by atoms with Crippen molar-refractivity contribution in [3.63, 3.8) is 0 Å². The largest absolute Gasteiger partial charge is 0.324 e. The minimum Gasteiger partial charge on any atom is -0.324 e. The van der Waals surface area contributed by atoms with Crippen molar-refractivity contribution in [2.24, 2.45) is 5.73 Å². The molecule has 0 unspecified atom stereocenters. The molecular formula is C11H24N2. The quantitative estimate of drug-likeness (QED) is 0.642. The highest BCUT2D eigenvalue weighted by atomic mass is 14.9. The smallest absolute Gasteiger partial charge is 0.0280 e. The third kappa shape index (κ3) is 4.10. The van der Waals surface area contributed by atoms with Crippen LogP contribution in [0.1, 0.15) is 51.9 Å². The second-order valence-corrected chi connectivity index (χ2v) is 4.45. The lowest BCUT2D eigenvalue weighted by Crippen LogP contribution is -2.50. The Morgan fingerprint density at radius 1 is 1.23 bits per heavy atom. The molecule has 0 aromatic carbocycles. The van der Waals surface area contributed by atoms with Crippen molar-refractivity contribution in [1.29, 1.82) is 0 Å². The van der Waals surface area contributed by atoms with Gasteiger partial charge >= 0.3 is 0 Å². The van der Waals surface area contributed by atoms with Crippen molar-refractivity contribution in [3.8, 4) is 0 Å². The molecule has 0 spiro atoms. The number of rotatable bonds is 5. The molecule has 1 aliphatic carbocycles. The van der Waals surface area contributed by atoms with Crippen molar-refractivity contribution >= 4 is 0 Å². The molecule has 0 aromatic rings. The van der Waals surface area contributed by atoms with E-state index in [-0.39, 0.29) is 5.54 Å². The van der Waals surface area contributed by atoms with Crippen molar-refractivity contribution < 1.29 is 0 Å². The summed E-state index contributed by atoms with van der Waals surface area (Å²) >= 11 is 0. The minimum absolute atomic E-state index is 0.117. The Labute approximate surface area is 82.3 Å². The number of hydrogen-bond donors (Lipinski definition) is 2. The summed E-state index contributed by atoms with van der Waals surface area (Å²) in [6, 6.07) is 0. The molecule has 2 nitrogen and oxygen atoms in total. The van der Waals surface area contributed by atoms with Gasteiger partial charge in [0.1, 0.15) is 0 Å². The summed E-state index contributed by atoms with van der Waals surface area (Å²) in [6.45, 7) is 4.38. The maximum absolute atomic E-state index is 6.28. The van der Waals surface area contributed by atoms with Crippen LogP contribution in [0.2, 0.25) is 0 Å². The fourth-order valence-electron chi connectivity index (χ4n) is 2.07. The Hall–Kier alpha value is -0.0800. The highest BCUT2D eigenvalue weighted by Gasteiger charge is 2.26. The lowest BCUT2D eigenvalue weighted by atomic mass is 9.82. The summed E-state index contributed by atoms with van der Waals surface area (Å²) in [5, 5.41) is 3.47. The molecule has 0 aliphatic heterocycles. The van der Waals surface area contributed by atoms with E-state index in [4.69, 9.17) is 5.73 Å². The number of nitrogens with two attached hydrogens (primary N) is 1. The highest BCUT2D eigenvalue weighted by Crippen LogP contribution is 2.24. The van der Waals surface area contributed by atoms with Crippen LogP contribution in [-0.4, -0.2) is 18.6 Å². The monoisotopic (exact) mass is 184 g/mol. The predicted octanol–water partition coefficient (Wildman–Crippen LogP) is 2.04. The van der Waals surface area contributed by atoms with Gasteiger partial charge in [-0.1, -0.05) is 32.6 Å². The zero-order valence-corrected chi connectivity index (χ0v) is 8.94. The summed E-state index contributed by atoms with van der Waals surface area (Å²) in [5.74, 6) is 0. The van der Waals surface area contributed by atoms with E-state index >= 15 is 0 Å². The lowest BCUT2D eigenvalue weighted by molar-refractivity contribution is 0.284. The molecule has 1 fully saturated rings. The van der Waals surface area contributed by atoms with Crippen LogP contribution in [0.25, 0.3) is 0 Å². The maximum atomic E-state index is 6.28. The summed E-state index contributed by atoms with van der Waals surface area (Å²) in [5.41, 5.74) is 6.40. The first-order valence-corrected chi connectivity index (χ1v) is 5.76. The van der Waals surface area contributed by atoms with Gasteiger partial charge in [0.25, 0.3) is 0 Å². The van der Waals surface area contributed by atoms with Gasteiger partial charge in [0.05, 0.1) is 0 Å². The average Bonchev–Trinajstić information content (AvgIpc) is 2.14. The molecule has 0 atom stereocenters. The van der Waals surface area contributed by atoms with Gasteiger partial charge in [0.2, 0.25) is 0 Å². The number of nitrogens with one attached hydrogen (secondary N) is 1. The Morgan fingerprint density at radius 3 is 2.54 bits per heavy atom. The highest BCUT2D eigenvalue weighted by molar-refractivity contribution is 4.89. The normalized spacial score (nSPS) is 21.7. The molecule has 13 heavy (non-hydrogen) atoms. The molecule has 1 rings (SSSR count). The SMILES string of the molecule is CCCCNCC1(N)CCCCC1. The average molecular weight is 184 g/mol. The summed E-state index contributed by atoms with van der Waals surface area (Å²) < 4.78 is 0. The van der Waals surface area contributed by atoms with Crippen molar-refractivity contribution in [2.75, 3.05) is 13.1 Å². The molecule has 0 radical (unpaired) electrons. The summed E-state index contributed by atoms with van der Waals surface area (Å²) in [4.78, 5) is 0. The molecule has 0 bridgehead atoms. The predicted molar refractivity (Wildman–Crippen MR) is 57.8 cm³/mol. The third-order valence-electron chi connectivity index (χ3n) is 3.03. The molecule has 2 heteroatoms. The fourth-order valence-corrected chi connectivity index (χ4v) is 2.07. The number of unbranched alkanes of at least 4 members (excludes halogenated alkanes) is 1. The summed E-state index contributed by atoms with van der Waals surface area (Å²) in [6.07, 6.45) is 9.00. The van der Waals surface area contributed by atoms with E-state index < -0.39 is 0 Å². The Morgan fingerprint density at radius 2 is 1.92 bits per heavy atom. The van der Waals surface area contributed by atoms with Crippen LogP contribution in [0, 0.1) is 0 Å². The van der Waals surface area contributed by atoms with E-state index in [0.717, 1.165) is 13.1 Å². The van der Waals surface area contributed by atoms with Crippen LogP contribution >= 0.6 is 0 Å². The van der Waals surface area contributed by atoms with Crippen molar-refractivity contribution in [1.82, 2.24) is 5.32 Å². The molecule has 0 heterocycles. The van der Waals surface area contributed by atoms with E-state index in [1.165, 1.54) is 44.9 Å². The zero-order valence-electron chi connectivity index (χ0n) is 8.94. The van der Waals surface area contributed by atoms with Gasteiger partial charge in [-0.05, 0) is 25.8 Å². The molecule has 0 amide bonds. The molecule has 1 aliphatic rings. The third-order valence-corrected chi connectivity index (χ3v) is 3.03. The van der Waals surface area contributed by atoms with Crippen LogP contribution in [0.15, 0.2) is 0 Å². The van der Waals surface area contributed by atoms with E-state index in [1.54, 1.807) is 0 Å². The first-order chi connectivity index (χ1) is 6.27. The number of hydrogen-bond acceptors (Lipinski definition) is 2. The van der Waals surface area contributed by atoms with Crippen LogP contribution in [-0.2, 0) is 0 Å². The molecule has 1 saturated carbocycles. The van der Waals surface area contributed by atoms with Gasteiger partial charge in [-0.2, -0.15) is 0 Å². The van der Waals surface area contributed by atoms with Gasteiger partial charge in [-0.3, -0.25) is 0 Å². The van der Waals surface area contributed by atoms with Crippen LogP contribution in [0.5, 0.6) is 0 Å². The van der Waals surface area contributed by atoms with Gasteiger partial charge in [0.15, 0.2) is 0 Å². The Balaban J connectivity index is 2.10. The first-order valence-electron chi connectivity index (χ1n) is 5.76. The van der Waals surface area contributed by atoms with Crippen molar-refractivity contribution in [3.05, 3.63) is 0 Å². The molecule has 0 saturated heterocycles. The van der Waals surface area contributed by atoms with Gasteiger partial charge in [-0.25, -0.2) is 0 Å². The first kappa shape index (κ1) is 11.0. The van der Waals surface area contributed by atoms with E-state index in [9.17, 15) is 0 Å². The Bertz CT molecular complexity index is 128. The van der Waals surface area contributed by atoms with E-state index in [0.29, 0.717) is 0 Å². The van der Waals surface area contributed by atoms with Crippen molar-refractivity contribution in [2.45, 2.75) is 57.4 Å². The lowest BCUT2D eigenvalue weighted by Gasteiger charge is -2.33. The fraction of sp³-hybridized carbons (Fsp3) is 1.00. The van der Waals surface area contributed by atoms with E-state index in [2.05, 4.69) is 12.2 Å². The van der Waals surface area contributed by atoms with Gasteiger partial charge in [0, 0.05) is 12.1 Å². The molecule has 3 N–H and O–H groups in total. The zero-order chi connectivity index (χ0) is 9.57. The molecule has 78 valence electrons. The van der Waals surface area contributed by atoms with Gasteiger partial charge in [-0.15, -0.1) is 0 Å².